The van der Waals surface area contributed by atoms with Gasteiger partial charge < -0.3 is 15.2 Å². The lowest BCUT2D eigenvalue weighted by atomic mass is 10.2. The first-order chi connectivity index (χ1) is 4.70. The number of primary amides is 1. The molecule has 0 aliphatic carbocycles. The molecule has 0 spiro atoms. The predicted octanol–water partition coefficient (Wildman–Crippen LogP) is -0.974. The summed E-state index contributed by atoms with van der Waals surface area (Å²) in [5.41, 5.74) is 4.98. The summed E-state index contributed by atoms with van der Waals surface area (Å²) in [7, 11) is 0. The molecule has 4 atom stereocenters. The Labute approximate surface area is 58.3 Å². The molecule has 2 saturated heterocycles. The van der Waals surface area contributed by atoms with Gasteiger partial charge in [0, 0.05) is 0 Å². The van der Waals surface area contributed by atoms with Crippen LogP contribution in [0.15, 0.2) is 0 Å². The molecule has 2 aliphatic rings. The van der Waals surface area contributed by atoms with E-state index in [0.29, 0.717) is 0 Å². The second-order valence-corrected chi connectivity index (χ2v) is 2.73. The first-order valence-corrected chi connectivity index (χ1v) is 3.30. The molecule has 2 fully saturated rings. The highest BCUT2D eigenvalue weighted by atomic mass is 16.7. The smallest absolute Gasteiger partial charge is 0.249 e. The Morgan fingerprint density at radius 2 is 2.00 bits per heavy atom. The van der Waals surface area contributed by atoms with Crippen LogP contribution in [-0.2, 0) is 14.3 Å². The Morgan fingerprint density at radius 1 is 1.40 bits per heavy atom. The molecule has 56 valence electrons. The fourth-order valence-electron chi connectivity index (χ4n) is 1.15. The van der Waals surface area contributed by atoms with Gasteiger partial charge in [0.05, 0.1) is 6.10 Å². The molecule has 0 aromatic rings. The van der Waals surface area contributed by atoms with E-state index in [1.807, 2.05) is 6.92 Å². The van der Waals surface area contributed by atoms with E-state index in [4.69, 9.17) is 15.2 Å². The number of ether oxygens (including phenoxy) is 2. The molecule has 2 N–H and O–H groups in total. The van der Waals surface area contributed by atoms with Gasteiger partial charge in [-0.05, 0) is 6.92 Å². The van der Waals surface area contributed by atoms with E-state index in [0.717, 1.165) is 0 Å². The maximum Gasteiger partial charge on any atom is 0.249 e. The van der Waals surface area contributed by atoms with Gasteiger partial charge in [-0.25, -0.2) is 0 Å². The maximum absolute atomic E-state index is 10.5. The van der Waals surface area contributed by atoms with Gasteiger partial charge in [-0.1, -0.05) is 0 Å². The summed E-state index contributed by atoms with van der Waals surface area (Å²) in [6, 6.07) is 0. The molecule has 2 rings (SSSR count). The van der Waals surface area contributed by atoms with Crippen LogP contribution in [-0.4, -0.2) is 30.3 Å². The molecular weight excluding hydrogens is 134 g/mol. The maximum atomic E-state index is 10.5. The first-order valence-electron chi connectivity index (χ1n) is 3.30. The predicted molar refractivity (Wildman–Crippen MR) is 32.2 cm³/mol. The Bertz CT molecular complexity index is 182. The Balaban J connectivity index is 1.85. The number of hydrogen-bond acceptors (Lipinski definition) is 3. The van der Waals surface area contributed by atoms with E-state index in [1.165, 1.54) is 0 Å². The van der Waals surface area contributed by atoms with Crippen LogP contribution in [0, 0.1) is 0 Å². The fourth-order valence-corrected chi connectivity index (χ4v) is 1.15. The summed E-state index contributed by atoms with van der Waals surface area (Å²) in [4.78, 5) is 10.5. The SMILES string of the molecule is C[C@H]1O[C@@H]1[C@@H]1O[C@H]1C(N)=O. The highest BCUT2D eigenvalue weighted by Gasteiger charge is 2.57. The highest BCUT2D eigenvalue weighted by molar-refractivity contribution is 5.82. The third-order valence-corrected chi connectivity index (χ3v) is 1.89. The number of carbonyl (C=O) groups excluding carboxylic acids is 1. The van der Waals surface area contributed by atoms with Gasteiger partial charge >= 0.3 is 0 Å². The molecule has 1 amide bonds. The molecule has 0 aromatic heterocycles. The van der Waals surface area contributed by atoms with E-state index in [9.17, 15) is 4.79 Å². The van der Waals surface area contributed by atoms with E-state index in [1.54, 1.807) is 0 Å². The molecule has 2 aliphatic heterocycles. The third-order valence-electron chi connectivity index (χ3n) is 1.89. The van der Waals surface area contributed by atoms with E-state index in [2.05, 4.69) is 0 Å². The topological polar surface area (TPSA) is 68.2 Å². The van der Waals surface area contributed by atoms with Crippen LogP contribution in [0.2, 0.25) is 0 Å². The summed E-state index contributed by atoms with van der Waals surface area (Å²) >= 11 is 0. The van der Waals surface area contributed by atoms with Gasteiger partial charge in [-0.3, -0.25) is 4.79 Å². The van der Waals surface area contributed by atoms with Crippen molar-refractivity contribution in [1.82, 2.24) is 0 Å². The lowest BCUT2D eigenvalue weighted by molar-refractivity contribution is -0.119. The zero-order valence-electron chi connectivity index (χ0n) is 5.61. The molecule has 0 bridgehead atoms. The molecule has 10 heavy (non-hydrogen) atoms. The van der Waals surface area contributed by atoms with Crippen LogP contribution in [0.1, 0.15) is 6.92 Å². The van der Waals surface area contributed by atoms with E-state index < -0.39 is 0 Å². The van der Waals surface area contributed by atoms with Gasteiger partial charge in [0.15, 0.2) is 6.10 Å². The first kappa shape index (κ1) is 6.12. The highest BCUT2D eigenvalue weighted by Crippen LogP contribution is 2.37. The molecular formula is C6H9NO3. The van der Waals surface area contributed by atoms with Crippen LogP contribution in [0.4, 0.5) is 0 Å². The van der Waals surface area contributed by atoms with Crippen LogP contribution in [0.3, 0.4) is 0 Å². The van der Waals surface area contributed by atoms with Crippen LogP contribution >= 0.6 is 0 Å². The Morgan fingerprint density at radius 3 is 2.30 bits per heavy atom. The van der Waals surface area contributed by atoms with Crippen LogP contribution in [0.5, 0.6) is 0 Å². The van der Waals surface area contributed by atoms with Crippen LogP contribution in [0.25, 0.3) is 0 Å². The zero-order chi connectivity index (χ0) is 7.30. The number of nitrogens with two attached hydrogens (primary N) is 1. The van der Waals surface area contributed by atoms with Crippen molar-refractivity contribution in [2.24, 2.45) is 5.73 Å². The van der Waals surface area contributed by atoms with Crippen molar-refractivity contribution in [2.75, 3.05) is 0 Å². The number of epoxide rings is 2. The van der Waals surface area contributed by atoms with Crippen molar-refractivity contribution in [3.05, 3.63) is 0 Å². The second-order valence-electron chi connectivity index (χ2n) is 2.73. The minimum Gasteiger partial charge on any atom is -0.367 e. The molecule has 2 heterocycles. The number of amides is 1. The van der Waals surface area contributed by atoms with Crippen molar-refractivity contribution in [1.29, 1.82) is 0 Å². The van der Waals surface area contributed by atoms with Crippen LogP contribution < -0.4 is 5.73 Å². The van der Waals surface area contributed by atoms with Crippen molar-refractivity contribution < 1.29 is 14.3 Å². The molecule has 0 radical (unpaired) electrons. The van der Waals surface area contributed by atoms with Gasteiger partial charge in [0.2, 0.25) is 5.91 Å². The summed E-state index contributed by atoms with van der Waals surface area (Å²) in [5, 5.41) is 0. The average Bonchev–Trinajstić information content (AvgIpc) is 2.57. The average molecular weight is 143 g/mol. The van der Waals surface area contributed by atoms with Crippen molar-refractivity contribution in [3.8, 4) is 0 Å². The number of hydrogen-bond donors (Lipinski definition) is 1. The largest absolute Gasteiger partial charge is 0.367 e. The zero-order valence-corrected chi connectivity index (χ0v) is 5.61. The van der Waals surface area contributed by atoms with Crippen molar-refractivity contribution >= 4 is 5.91 Å². The lowest BCUT2D eigenvalue weighted by Gasteiger charge is -1.80. The summed E-state index contributed by atoms with van der Waals surface area (Å²) < 4.78 is 10.1. The summed E-state index contributed by atoms with van der Waals surface area (Å²) in [6.07, 6.45) is -0.0608. The Hall–Kier alpha value is -0.610. The fraction of sp³-hybridized carbons (Fsp3) is 0.833. The molecule has 0 unspecified atom stereocenters. The lowest BCUT2D eigenvalue weighted by Crippen LogP contribution is -2.21. The van der Waals surface area contributed by atoms with Crippen molar-refractivity contribution in [2.45, 2.75) is 31.3 Å². The van der Waals surface area contributed by atoms with E-state index in [-0.39, 0.29) is 30.3 Å². The third kappa shape index (κ3) is 0.803. The number of rotatable bonds is 2. The van der Waals surface area contributed by atoms with Gasteiger partial charge in [0.25, 0.3) is 0 Å². The molecule has 0 saturated carbocycles. The molecule has 4 heteroatoms. The number of carbonyl (C=O) groups is 1. The normalized spacial score (nSPS) is 50.5. The summed E-state index contributed by atoms with van der Waals surface area (Å²) in [5.74, 6) is -0.382. The summed E-state index contributed by atoms with van der Waals surface area (Å²) in [6.45, 7) is 1.95. The minimum absolute atomic E-state index is 0.0486. The molecule has 0 aromatic carbocycles. The standard InChI is InChI=1S/C6H9NO3/c1-2-3(9-2)4-5(10-4)6(7)8/h2-5H,1H3,(H2,7,8)/t2-,3+,4+,5-/m1/s1. The Kier molecular flexibility index (Phi) is 1.04. The minimum atomic E-state index is -0.382. The monoisotopic (exact) mass is 143 g/mol. The quantitative estimate of drug-likeness (QED) is 0.505. The van der Waals surface area contributed by atoms with E-state index >= 15 is 0 Å². The van der Waals surface area contributed by atoms with Gasteiger partial charge in [-0.15, -0.1) is 0 Å². The van der Waals surface area contributed by atoms with Gasteiger partial charge in [0.1, 0.15) is 12.2 Å². The second kappa shape index (κ2) is 1.71. The van der Waals surface area contributed by atoms with Crippen molar-refractivity contribution in [3.63, 3.8) is 0 Å². The molecule has 4 nitrogen and oxygen atoms in total. The van der Waals surface area contributed by atoms with Gasteiger partial charge in [-0.2, -0.15) is 0 Å².